The number of nitrogens with one attached hydrogen (secondary N) is 1. The molecule has 5 aromatic rings. The molecule has 0 spiro atoms. The zero-order chi connectivity index (χ0) is 34.3. The second-order valence-corrected chi connectivity index (χ2v) is 13.2. The van der Waals surface area contributed by atoms with Gasteiger partial charge < -0.3 is 19.9 Å². The van der Waals surface area contributed by atoms with Crippen LogP contribution in [0, 0.1) is 11.3 Å². The van der Waals surface area contributed by atoms with Gasteiger partial charge in [0.25, 0.3) is 10.0 Å². The SMILES string of the molecule is N#Cc1ccc(CC(NC(=O)C(Cc2ccc(OCCF)cc2)n2cc(COc3ccc4nc(S(N)(=O)=O)sc4c3)nn2)C(=O)O)cc1. The summed E-state index contributed by atoms with van der Waals surface area (Å²) in [6, 6.07) is 17.6. The van der Waals surface area contributed by atoms with Crippen molar-refractivity contribution in [3.05, 3.63) is 95.3 Å². The Morgan fingerprint density at radius 1 is 1.04 bits per heavy atom. The summed E-state index contributed by atoms with van der Waals surface area (Å²) in [7, 11) is -3.96. The summed E-state index contributed by atoms with van der Waals surface area (Å²) in [5, 5.41) is 35.0. The minimum Gasteiger partial charge on any atom is -0.491 e. The van der Waals surface area contributed by atoms with E-state index in [1.807, 2.05) is 6.07 Å². The Kier molecular flexibility index (Phi) is 10.6. The van der Waals surface area contributed by atoms with E-state index in [0.717, 1.165) is 11.3 Å². The molecule has 0 bridgehead atoms. The Hall–Kier alpha value is -5.44. The van der Waals surface area contributed by atoms with E-state index in [0.29, 0.717) is 44.1 Å². The molecule has 14 nitrogen and oxygen atoms in total. The van der Waals surface area contributed by atoms with Crippen molar-refractivity contribution >= 4 is 43.5 Å². The van der Waals surface area contributed by atoms with Crippen LogP contribution in [0.15, 0.2) is 77.3 Å². The van der Waals surface area contributed by atoms with Crippen LogP contribution in [0.4, 0.5) is 4.39 Å². The number of alkyl halides is 1. The number of amides is 1. The molecule has 4 N–H and O–H groups in total. The number of nitrogens with zero attached hydrogens (tertiary/aromatic N) is 5. The number of carboxylic acid groups (broad SMARTS) is 1. The van der Waals surface area contributed by atoms with Gasteiger partial charge in [0, 0.05) is 12.8 Å². The summed E-state index contributed by atoms with van der Waals surface area (Å²) in [6.45, 7) is -0.800. The van der Waals surface area contributed by atoms with E-state index in [1.54, 1.807) is 66.7 Å². The Morgan fingerprint density at radius 3 is 2.40 bits per heavy atom. The van der Waals surface area contributed by atoms with Crippen molar-refractivity contribution in [3.63, 3.8) is 0 Å². The lowest BCUT2D eigenvalue weighted by molar-refractivity contribution is -0.142. The number of ether oxygens (including phenoxy) is 2. The molecule has 0 aliphatic carbocycles. The third-order valence-corrected chi connectivity index (χ3v) is 9.32. The lowest BCUT2D eigenvalue weighted by Crippen LogP contribution is -2.46. The van der Waals surface area contributed by atoms with Crippen LogP contribution in [-0.4, -0.2) is 64.7 Å². The summed E-state index contributed by atoms with van der Waals surface area (Å²) in [4.78, 5) is 29.9. The largest absolute Gasteiger partial charge is 0.491 e. The molecule has 2 unspecified atom stereocenters. The number of hydrogen-bond donors (Lipinski definition) is 3. The molecule has 2 aromatic heterocycles. The maximum absolute atomic E-state index is 13.7. The van der Waals surface area contributed by atoms with Gasteiger partial charge in [0.1, 0.15) is 49.2 Å². The third-order valence-electron chi connectivity index (χ3n) is 6.99. The highest BCUT2D eigenvalue weighted by atomic mass is 32.2. The average molecular weight is 694 g/mol. The van der Waals surface area contributed by atoms with E-state index in [1.165, 1.54) is 10.9 Å². The zero-order valence-corrected chi connectivity index (χ0v) is 26.7. The number of aliphatic carboxylic acids is 1. The van der Waals surface area contributed by atoms with Crippen molar-refractivity contribution in [1.82, 2.24) is 25.3 Å². The van der Waals surface area contributed by atoms with Gasteiger partial charge in [0.15, 0.2) is 0 Å². The monoisotopic (exact) mass is 693 g/mol. The van der Waals surface area contributed by atoms with Crippen molar-refractivity contribution in [2.45, 2.75) is 35.9 Å². The highest BCUT2D eigenvalue weighted by Crippen LogP contribution is 2.28. The van der Waals surface area contributed by atoms with Crippen LogP contribution in [0.5, 0.6) is 11.5 Å². The van der Waals surface area contributed by atoms with E-state index in [4.69, 9.17) is 19.9 Å². The second-order valence-electron chi connectivity index (χ2n) is 10.4. The molecule has 0 radical (unpaired) electrons. The maximum Gasteiger partial charge on any atom is 0.326 e. The van der Waals surface area contributed by atoms with Crippen LogP contribution in [0.25, 0.3) is 10.2 Å². The fourth-order valence-corrected chi connectivity index (χ4v) is 6.30. The van der Waals surface area contributed by atoms with E-state index >= 15 is 0 Å². The Morgan fingerprint density at radius 2 is 1.73 bits per heavy atom. The first-order valence-corrected chi connectivity index (χ1v) is 16.7. The van der Waals surface area contributed by atoms with Crippen molar-refractivity contribution in [3.8, 4) is 17.6 Å². The number of thiazole rings is 1. The molecule has 5 rings (SSSR count). The highest BCUT2D eigenvalue weighted by molar-refractivity contribution is 7.91. The number of rotatable bonds is 15. The summed E-state index contributed by atoms with van der Waals surface area (Å²) in [6.07, 6.45) is 1.57. The molecule has 1 amide bonds. The number of benzene rings is 3. The molecule has 0 aliphatic rings. The lowest BCUT2D eigenvalue weighted by Gasteiger charge is -2.21. The Labute approximate surface area is 277 Å². The molecule has 3 aromatic carbocycles. The lowest BCUT2D eigenvalue weighted by atomic mass is 10.0. The second kappa shape index (κ2) is 15.0. The molecule has 2 heterocycles. The highest BCUT2D eigenvalue weighted by Gasteiger charge is 2.28. The molecule has 248 valence electrons. The number of carbonyl (C=O) groups is 2. The van der Waals surface area contributed by atoms with Gasteiger partial charge in [-0.3, -0.25) is 4.79 Å². The van der Waals surface area contributed by atoms with Gasteiger partial charge in [0.05, 0.1) is 28.0 Å². The standard InChI is InChI=1S/C31H28FN7O7S2/c32-11-12-45-23-7-5-20(6-8-23)14-27(29(40)35-26(30(41)42)13-19-1-3-21(16-33)4-2-19)39-17-22(37-38-39)18-46-24-9-10-25-28(15-24)47-31(36-25)48(34,43)44/h1-10,15,17,26-27H,11-14,18H2,(H,35,40)(H,41,42)(H2,34,43,44). The number of halogens is 1. The van der Waals surface area contributed by atoms with Crippen molar-refractivity contribution in [2.75, 3.05) is 13.3 Å². The number of hydrogen-bond acceptors (Lipinski definition) is 11. The first-order valence-electron chi connectivity index (χ1n) is 14.3. The number of nitrogens with two attached hydrogens (primary N) is 1. The number of aromatic nitrogens is 4. The quantitative estimate of drug-likeness (QED) is 0.145. The number of fused-ring (bicyclic) bond motifs is 1. The fraction of sp³-hybridized carbons (Fsp3) is 0.226. The average Bonchev–Trinajstić information content (AvgIpc) is 3.73. The van der Waals surface area contributed by atoms with E-state index in [-0.39, 0.29) is 30.4 Å². The van der Waals surface area contributed by atoms with E-state index in [9.17, 15) is 27.5 Å². The van der Waals surface area contributed by atoms with Gasteiger partial charge in [-0.05, 0) is 53.6 Å². The zero-order valence-electron chi connectivity index (χ0n) is 25.0. The van der Waals surface area contributed by atoms with Crippen molar-refractivity contribution in [2.24, 2.45) is 5.14 Å². The predicted molar refractivity (Wildman–Crippen MR) is 170 cm³/mol. The summed E-state index contributed by atoms with van der Waals surface area (Å²) in [5.74, 6) is -1.03. The predicted octanol–water partition coefficient (Wildman–Crippen LogP) is 2.93. The van der Waals surface area contributed by atoms with Crippen LogP contribution in [0.3, 0.4) is 0 Å². The fourth-order valence-electron chi connectivity index (χ4n) is 4.61. The van der Waals surface area contributed by atoms with Gasteiger partial charge in [-0.1, -0.05) is 29.5 Å². The van der Waals surface area contributed by atoms with Crippen molar-refractivity contribution in [1.29, 1.82) is 5.26 Å². The van der Waals surface area contributed by atoms with Gasteiger partial charge in [-0.25, -0.2) is 32.4 Å². The molecule has 0 fully saturated rings. The number of primary sulfonamides is 1. The number of carbonyl (C=O) groups excluding carboxylic acids is 1. The number of sulfonamides is 1. The molecule has 2 atom stereocenters. The Bertz CT molecular complexity index is 2060. The van der Waals surface area contributed by atoms with Gasteiger partial charge in [-0.2, -0.15) is 5.26 Å². The minimum atomic E-state index is -3.96. The summed E-state index contributed by atoms with van der Waals surface area (Å²) < 4.78 is 48.6. The number of carboxylic acids is 1. The molecule has 48 heavy (non-hydrogen) atoms. The molecule has 0 saturated heterocycles. The van der Waals surface area contributed by atoms with Crippen molar-refractivity contribution < 1.29 is 37.0 Å². The molecule has 0 saturated carbocycles. The summed E-state index contributed by atoms with van der Waals surface area (Å²) in [5.41, 5.74) is 2.51. The molecular formula is C31H28FN7O7S2. The molecule has 0 aliphatic heterocycles. The molecule has 17 heteroatoms. The number of nitriles is 1. The topological polar surface area (TPSA) is 212 Å². The van der Waals surface area contributed by atoms with Crippen LogP contribution >= 0.6 is 11.3 Å². The summed E-state index contributed by atoms with van der Waals surface area (Å²) >= 11 is 0.906. The van der Waals surface area contributed by atoms with Crippen LogP contribution < -0.4 is 19.9 Å². The van der Waals surface area contributed by atoms with Gasteiger partial charge in [-0.15, -0.1) is 16.4 Å². The molecular weight excluding hydrogens is 666 g/mol. The first kappa shape index (κ1) is 33.9. The first-order chi connectivity index (χ1) is 23.0. The normalized spacial score (nSPS) is 12.6. The van der Waals surface area contributed by atoms with Crippen LogP contribution in [0.2, 0.25) is 0 Å². The van der Waals surface area contributed by atoms with Gasteiger partial charge in [0.2, 0.25) is 10.2 Å². The minimum absolute atomic E-state index is 0.0284. The Balaban J connectivity index is 1.34. The van der Waals surface area contributed by atoms with Gasteiger partial charge >= 0.3 is 5.97 Å². The third kappa shape index (κ3) is 8.67. The van der Waals surface area contributed by atoms with Crippen LogP contribution in [-0.2, 0) is 39.1 Å². The maximum atomic E-state index is 13.7. The van der Waals surface area contributed by atoms with Crippen LogP contribution in [0.1, 0.15) is 28.4 Å². The van der Waals surface area contributed by atoms with E-state index < -0.39 is 40.7 Å². The van der Waals surface area contributed by atoms with E-state index in [2.05, 4.69) is 20.6 Å². The smallest absolute Gasteiger partial charge is 0.326 e.